The first-order chi connectivity index (χ1) is 8.24. The fraction of sp³-hybridized carbons (Fsp3) is 0.300. The summed E-state index contributed by atoms with van der Waals surface area (Å²) in [6.45, 7) is 2.57. The van der Waals surface area contributed by atoms with E-state index in [0.29, 0.717) is 0 Å². The smallest absolute Gasteiger partial charge is 0.166 e. The van der Waals surface area contributed by atoms with E-state index in [-0.39, 0.29) is 0 Å². The molecule has 1 radical (unpaired) electrons. The van der Waals surface area contributed by atoms with Gasteiger partial charge in [0.2, 0.25) is 0 Å². The maximum absolute atomic E-state index is 12.4. The van der Waals surface area contributed by atoms with E-state index >= 15 is 0 Å². The topological polar surface area (TPSA) is 0 Å². The maximum atomic E-state index is 12.4. The highest BCUT2D eigenvalue weighted by Crippen LogP contribution is 2.42. The lowest BCUT2D eigenvalue weighted by Crippen LogP contribution is -2.18. The largest absolute Gasteiger partial charge is 0.416 e. The lowest BCUT2D eigenvalue weighted by Gasteiger charge is -2.19. The predicted octanol–water partition coefficient (Wildman–Crippen LogP) is 4.93. The molecule has 1 rings (SSSR count). The van der Waals surface area contributed by atoms with Crippen LogP contribution in [-0.4, -0.2) is 0 Å². The van der Waals surface area contributed by atoms with Gasteiger partial charge in [0, 0.05) is 0 Å². The average molecular weight is 295 g/mol. The summed E-state index contributed by atoms with van der Waals surface area (Å²) in [5, 5.41) is 0. The second kappa shape index (κ2) is 4.31. The SMILES string of the molecule is [CH2]c1c(C(F)(F)F)cc(C(F)(F)F)cc1C(F)(F)F. The lowest BCUT2D eigenvalue weighted by atomic mass is 9.97. The second-order valence-corrected chi connectivity index (χ2v) is 3.54. The van der Waals surface area contributed by atoms with Crippen molar-refractivity contribution in [2.45, 2.75) is 18.5 Å². The van der Waals surface area contributed by atoms with Gasteiger partial charge < -0.3 is 0 Å². The highest BCUT2D eigenvalue weighted by atomic mass is 19.4. The molecule has 0 aliphatic carbocycles. The van der Waals surface area contributed by atoms with E-state index in [0.717, 1.165) is 0 Å². The van der Waals surface area contributed by atoms with Gasteiger partial charge in [0.05, 0.1) is 16.7 Å². The summed E-state index contributed by atoms with van der Waals surface area (Å²) >= 11 is 0. The van der Waals surface area contributed by atoms with Crippen molar-refractivity contribution in [2.75, 3.05) is 0 Å². The number of benzene rings is 1. The molecule has 0 fully saturated rings. The monoisotopic (exact) mass is 295 g/mol. The van der Waals surface area contributed by atoms with Gasteiger partial charge in [0.25, 0.3) is 0 Å². The molecule has 0 unspecified atom stereocenters. The normalized spacial score (nSPS) is 13.8. The minimum Gasteiger partial charge on any atom is -0.166 e. The summed E-state index contributed by atoms with van der Waals surface area (Å²) in [6.07, 6.45) is -16.1. The van der Waals surface area contributed by atoms with E-state index in [1.54, 1.807) is 0 Å². The highest BCUT2D eigenvalue weighted by molar-refractivity contribution is 5.45. The molecule has 0 N–H and O–H groups in total. The number of hydrogen-bond donors (Lipinski definition) is 0. The summed E-state index contributed by atoms with van der Waals surface area (Å²) in [7, 11) is 0. The number of hydrogen-bond acceptors (Lipinski definition) is 0. The van der Waals surface area contributed by atoms with Gasteiger partial charge in [-0.1, -0.05) is 0 Å². The summed E-state index contributed by atoms with van der Waals surface area (Å²) in [4.78, 5) is 0. The van der Waals surface area contributed by atoms with Crippen molar-refractivity contribution in [3.05, 3.63) is 41.3 Å². The first-order valence-corrected chi connectivity index (χ1v) is 4.46. The van der Waals surface area contributed by atoms with Crippen molar-refractivity contribution < 1.29 is 39.5 Å². The van der Waals surface area contributed by atoms with E-state index in [9.17, 15) is 39.5 Å². The third-order valence-electron chi connectivity index (χ3n) is 2.19. The number of alkyl halides is 9. The second-order valence-electron chi connectivity index (χ2n) is 3.54. The van der Waals surface area contributed by atoms with E-state index < -0.39 is 52.9 Å². The van der Waals surface area contributed by atoms with Gasteiger partial charge in [-0.05, 0) is 24.6 Å². The van der Waals surface area contributed by atoms with Crippen molar-refractivity contribution >= 4 is 0 Å². The number of rotatable bonds is 0. The van der Waals surface area contributed by atoms with Crippen LogP contribution < -0.4 is 0 Å². The lowest BCUT2D eigenvalue weighted by molar-refractivity contribution is -0.148. The fourth-order valence-electron chi connectivity index (χ4n) is 1.34. The van der Waals surface area contributed by atoms with Crippen LogP contribution in [0.1, 0.15) is 22.3 Å². The Morgan fingerprint density at radius 1 is 0.632 bits per heavy atom. The average Bonchev–Trinajstić information content (AvgIpc) is 2.11. The van der Waals surface area contributed by atoms with Crippen molar-refractivity contribution in [3.63, 3.8) is 0 Å². The fourth-order valence-corrected chi connectivity index (χ4v) is 1.34. The molecule has 107 valence electrons. The molecule has 0 bridgehead atoms. The summed E-state index contributed by atoms with van der Waals surface area (Å²) in [5.41, 5.74) is -7.68. The van der Waals surface area contributed by atoms with Crippen LogP contribution in [0.2, 0.25) is 0 Å². The van der Waals surface area contributed by atoms with Crippen LogP contribution in [0.3, 0.4) is 0 Å². The molecule has 0 spiro atoms. The van der Waals surface area contributed by atoms with Crippen molar-refractivity contribution in [1.82, 2.24) is 0 Å². The zero-order chi connectivity index (χ0) is 15.2. The Hall–Kier alpha value is -1.41. The molecule has 0 saturated heterocycles. The van der Waals surface area contributed by atoms with Crippen LogP contribution in [-0.2, 0) is 18.5 Å². The van der Waals surface area contributed by atoms with Crippen LogP contribution in [0.5, 0.6) is 0 Å². The Bertz CT molecular complexity index is 440. The molecule has 0 atom stereocenters. The molecule has 0 aliphatic rings. The molecule has 0 nitrogen and oxygen atoms in total. The van der Waals surface area contributed by atoms with E-state index in [1.165, 1.54) is 0 Å². The molecule has 1 aromatic rings. The van der Waals surface area contributed by atoms with E-state index in [4.69, 9.17) is 0 Å². The minimum atomic E-state index is -5.36. The Labute approximate surface area is 100 Å². The van der Waals surface area contributed by atoms with Crippen LogP contribution in [0.4, 0.5) is 39.5 Å². The summed E-state index contributed by atoms with van der Waals surface area (Å²) in [5.74, 6) is 0. The van der Waals surface area contributed by atoms with E-state index in [1.807, 2.05) is 0 Å². The number of halogens is 9. The van der Waals surface area contributed by atoms with E-state index in [2.05, 4.69) is 6.92 Å². The van der Waals surface area contributed by atoms with Gasteiger partial charge in [-0.15, -0.1) is 0 Å². The molecule has 9 heteroatoms. The highest BCUT2D eigenvalue weighted by Gasteiger charge is 2.43. The Kier molecular flexibility index (Phi) is 3.55. The van der Waals surface area contributed by atoms with Gasteiger partial charge in [0.15, 0.2) is 0 Å². The zero-order valence-corrected chi connectivity index (χ0v) is 8.76. The van der Waals surface area contributed by atoms with Gasteiger partial charge in [-0.2, -0.15) is 39.5 Å². The van der Waals surface area contributed by atoms with Crippen molar-refractivity contribution in [3.8, 4) is 0 Å². The van der Waals surface area contributed by atoms with Crippen molar-refractivity contribution in [2.24, 2.45) is 0 Å². The molecular formula is C10H4F9. The van der Waals surface area contributed by atoms with Gasteiger partial charge in [-0.3, -0.25) is 0 Å². The van der Waals surface area contributed by atoms with Gasteiger partial charge >= 0.3 is 18.5 Å². The van der Waals surface area contributed by atoms with Gasteiger partial charge in [-0.25, -0.2) is 0 Å². The third kappa shape index (κ3) is 3.32. The molecular weight excluding hydrogens is 291 g/mol. The van der Waals surface area contributed by atoms with Crippen LogP contribution in [0.15, 0.2) is 12.1 Å². The van der Waals surface area contributed by atoms with Crippen LogP contribution >= 0.6 is 0 Å². The quantitative estimate of drug-likeness (QED) is 0.596. The zero-order valence-electron chi connectivity index (χ0n) is 8.76. The minimum absolute atomic E-state index is 0.391. The molecule has 0 aromatic heterocycles. The molecule has 1 aromatic carbocycles. The first-order valence-electron chi connectivity index (χ1n) is 4.46. The summed E-state index contributed by atoms with van der Waals surface area (Å²) < 4.78 is 111. The summed E-state index contributed by atoms with van der Waals surface area (Å²) in [6, 6.07) is -0.783. The van der Waals surface area contributed by atoms with Crippen LogP contribution in [0.25, 0.3) is 0 Å². The van der Waals surface area contributed by atoms with Crippen molar-refractivity contribution in [1.29, 1.82) is 0 Å². The molecule has 19 heavy (non-hydrogen) atoms. The standard InChI is InChI=1S/C10H4F9/c1-4-6(9(14,15)16)2-5(8(11,12)13)3-7(4)10(17,18)19/h2-3H,1H2. The Balaban J connectivity index is 3.68. The molecule has 0 heterocycles. The third-order valence-corrected chi connectivity index (χ3v) is 2.19. The maximum Gasteiger partial charge on any atom is 0.416 e. The molecule has 0 amide bonds. The van der Waals surface area contributed by atoms with Crippen LogP contribution in [0, 0.1) is 6.92 Å². The Morgan fingerprint density at radius 3 is 1.16 bits per heavy atom. The van der Waals surface area contributed by atoms with Gasteiger partial charge in [0.1, 0.15) is 0 Å². The molecule has 0 aliphatic heterocycles. The first kappa shape index (κ1) is 15.6. The molecule has 0 saturated carbocycles. The predicted molar refractivity (Wildman–Crippen MR) is 45.9 cm³/mol. The Morgan fingerprint density at radius 2 is 0.947 bits per heavy atom.